The van der Waals surface area contributed by atoms with Gasteiger partial charge in [-0.15, -0.1) is 0 Å². The van der Waals surface area contributed by atoms with Crippen molar-refractivity contribution in [1.29, 1.82) is 0 Å². The lowest BCUT2D eigenvalue weighted by Gasteiger charge is -2.35. The standard InChI is InChI=1S/C37H32ClF3N2O5/c1-3-47-33-20-24(12-17-32(33)48-21-22-8-13-26(38)14-9-22)35-34-29(18-25(19-31(34)44)23-10-15-27(46-2)16-11-23)42-28-6-4-5-7-30(28)43(35)36(45)37(39,40)41/h4-17,20,25,35,42H,3,18-19,21H2,1-2H3/t25-,35-/m1/s1. The molecule has 11 heteroatoms. The molecule has 4 aromatic carbocycles. The molecule has 1 N–H and O–H groups in total. The molecule has 0 aromatic heterocycles. The van der Waals surface area contributed by atoms with Crippen LogP contribution in [0.15, 0.2) is 102 Å². The molecule has 1 aliphatic carbocycles. The van der Waals surface area contributed by atoms with Crippen LogP contribution in [0.2, 0.25) is 5.02 Å². The van der Waals surface area contributed by atoms with Crippen molar-refractivity contribution in [3.8, 4) is 17.2 Å². The Bertz CT molecular complexity index is 1860. The minimum absolute atomic E-state index is 0.00551. The van der Waals surface area contributed by atoms with Crippen molar-refractivity contribution < 1.29 is 37.0 Å². The molecule has 0 bridgehead atoms. The molecule has 0 saturated carbocycles. The zero-order valence-corrected chi connectivity index (χ0v) is 26.9. The highest BCUT2D eigenvalue weighted by Crippen LogP contribution is 2.49. The van der Waals surface area contributed by atoms with Crippen LogP contribution in [0.3, 0.4) is 0 Å². The average molecular weight is 677 g/mol. The number of nitrogens with one attached hydrogen (secondary N) is 1. The summed E-state index contributed by atoms with van der Waals surface area (Å²) in [6.45, 7) is 2.18. The smallest absolute Gasteiger partial charge is 0.471 e. The lowest BCUT2D eigenvalue weighted by Crippen LogP contribution is -2.45. The normalized spacial score (nSPS) is 17.5. The molecular weight excluding hydrogens is 645 g/mol. The minimum atomic E-state index is -5.23. The van der Waals surface area contributed by atoms with Crippen LogP contribution < -0.4 is 24.4 Å². The second kappa shape index (κ2) is 13.6. The molecule has 0 unspecified atom stereocenters. The van der Waals surface area contributed by atoms with Gasteiger partial charge in [0.1, 0.15) is 12.4 Å². The third-order valence-electron chi connectivity index (χ3n) is 8.43. The van der Waals surface area contributed by atoms with Crippen molar-refractivity contribution in [2.45, 2.75) is 44.5 Å². The molecule has 2 aliphatic rings. The van der Waals surface area contributed by atoms with Gasteiger partial charge in [0.05, 0.1) is 31.1 Å². The summed E-state index contributed by atoms with van der Waals surface area (Å²) in [5.41, 5.74) is 2.80. The van der Waals surface area contributed by atoms with Crippen molar-refractivity contribution in [3.63, 3.8) is 0 Å². The van der Waals surface area contributed by atoms with Gasteiger partial charge in [-0.3, -0.25) is 14.5 Å². The van der Waals surface area contributed by atoms with Crippen molar-refractivity contribution >= 4 is 34.7 Å². The summed E-state index contributed by atoms with van der Waals surface area (Å²) in [6.07, 6.45) is -4.87. The SMILES string of the molecule is CCOc1cc([C@@H]2C3=C(C[C@@H](c4ccc(OC)cc4)CC3=O)Nc3ccccc3N2C(=O)C(F)(F)F)ccc1OCc1ccc(Cl)cc1. The van der Waals surface area contributed by atoms with Gasteiger partial charge in [-0.25, -0.2) is 0 Å². The fraction of sp³-hybridized carbons (Fsp3) is 0.243. The summed E-state index contributed by atoms with van der Waals surface area (Å²) in [5.74, 6) is -1.45. The third kappa shape index (κ3) is 6.71. The molecule has 0 saturated heterocycles. The summed E-state index contributed by atoms with van der Waals surface area (Å²) < 4.78 is 60.4. The molecule has 248 valence electrons. The largest absolute Gasteiger partial charge is 0.497 e. The maximum atomic E-state index is 14.4. The van der Waals surface area contributed by atoms with Crippen LogP contribution in [0.5, 0.6) is 17.2 Å². The topological polar surface area (TPSA) is 77.1 Å². The Kier molecular flexibility index (Phi) is 9.37. The molecule has 0 spiro atoms. The van der Waals surface area contributed by atoms with E-state index in [0.29, 0.717) is 33.5 Å². The Morgan fingerprint density at radius 2 is 1.62 bits per heavy atom. The number of carbonyl (C=O) groups excluding carboxylic acids is 2. The van der Waals surface area contributed by atoms with Gasteiger partial charge in [0.15, 0.2) is 17.3 Å². The monoisotopic (exact) mass is 676 g/mol. The first kappa shape index (κ1) is 33.0. The number of fused-ring (bicyclic) bond motifs is 1. The quantitative estimate of drug-likeness (QED) is 0.201. The molecule has 48 heavy (non-hydrogen) atoms. The highest BCUT2D eigenvalue weighted by atomic mass is 35.5. The number of allylic oxidation sites excluding steroid dienone is 1. The maximum absolute atomic E-state index is 14.4. The summed E-state index contributed by atoms with van der Waals surface area (Å²) >= 11 is 6.01. The van der Waals surface area contributed by atoms with E-state index in [9.17, 15) is 22.8 Å². The minimum Gasteiger partial charge on any atom is -0.497 e. The predicted molar refractivity (Wildman–Crippen MR) is 177 cm³/mol. The number of benzene rings is 4. The first-order valence-electron chi connectivity index (χ1n) is 15.4. The number of halogens is 4. The first-order chi connectivity index (χ1) is 23.1. The highest BCUT2D eigenvalue weighted by Gasteiger charge is 2.50. The van der Waals surface area contributed by atoms with Crippen LogP contribution in [0.25, 0.3) is 0 Å². The van der Waals surface area contributed by atoms with Gasteiger partial charge in [-0.1, -0.05) is 54.1 Å². The number of Topliss-reactive ketones (excluding diaryl/α,β-unsaturated/α-hetero) is 1. The van der Waals surface area contributed by atoms with Crippen LogP contribution in [0.1, 0.15) is 48.4 Å². The van der Waals surface area contributed by atoms with Gasteiger partial charge in [0, 0.05) is 22.7 Å². The Morgan fingerprint density at radius 3 is 2.31 bits per heavy atom. The van der Waals surface area contributed by atoms with E-state index in [1.807, 2.05) is 24.3 Å². The van der Waals surface area contributed by atoms with Gasteiger partial charge >= 0.3 is 12.1 Å². The zero-order chi connectivity index (χ0) is 34.0. The molecule has 6 rings (SSSR count). The van der Waals surface area contributed by atoms with Crippen LogP contribution in [0.4, 0.5) is 24.5 Å². The summed E-state index contributed by atoms with van der Waals surface area (Å²) in [7, 11) is 1.56. The number of methoxy groups -OCH3 is 1. The van der Waals surface area contributed by atoms with Gasteiger partial charge in [0.25, 0.3) is 0 Å². The van der Waals surface area contributed by atoms with Crippen molar-refractivity contribution in [2.75, 3.05) is 23.9 Å². The van der Waals surface area contributed by atoms with Gasteiger partial charge in [-0.2, -0.15) is 13.2 Å². The Hall–Kier alpha value is -4.96. The third-order valence-corrected chi connectivity index (χ3v) is 8.68. The fourth-order valence-corrected chi connectivity index (χ4v) is 6.33. The second-order valence-corrected chi connectivity index (χ2v) is 11.9. The van der Waals surface area contributed by atoms with Crippen LogP contribution in [-0.4, -0.2) is 31.6 Å². The van der Waals surface area contributed by atoms with Gasteiger partial charge in [0.2, 0.25) is 0 Å². The van der Waals surface area contributed by atoms with Crippen LogP contribution in [0, 0.1) is 0 Å². The molecule has 4 aromatic rings. The number of amides is 1. The number of ether oxygens (including phenoxy) is 3. The number of rotatable bonds is 8. The first-order valence-corrected chi connectivity index (χ1v) is 15.8. The molecule has 2 atom stereocenters. The molecule has 1 aliphatic heterocycles. The Balaban J connectivity index is 1.48. The number of nitrogens with zero attached hydrogens (tertiary/aromatic N) is 1. The summed E-state index contributed by atoms with van der Waals surface area (Å²) in [4.78, 5) is 28.2. The van der Waals surface area contributed by atoms with E-state index < -0.39 is 18.1 Å². The van der Waals surface area contributed by atoms with E-state index in [0.717, 1.165) is 11.1 Å². The maximum Gasteiger partial charge on any atom is 0.471 e. The number of hydrogen-bond donors (Lipinski definition) is 1. The van der Waals surface area contributed by atoms with E-state index in [4.69, 9.17) is 25.8 Å². The van der Waals surface area contributed by atoms with Crippen molar-refractivity contribution in [1.82, 2.24) is 0 Å². The molecule has 7 nitrogen and oxygen atoms in total. The number of anilines is 2. The molecule has 0 radical (unpaired) electrons. The average Bonchev–Trinajstić information content (AvgIpc) is 3.22. The summed E-state index contributed by atoms with van der Waals surface area (Å²) in [5, 5.41) is 3.83. The molecule has 1 heterocycles. The molecule has 0 fully saturated rings. The number of para-hydroxylation sites is 2. The number of alkyl halides is 3. The van der Waals surface area contributed by atoms with E-state index in [1.54, 1.807) is 74.7 Å². The number of ketones is 1. The zero-order valence-electron chi connectivity index (χ0n) is 26.1. The highest BCUT2D eigenvalue weighted by molar-refractivity contribution is 6.30. The number of carbonyl (C=O) groups is 2. The Morgan fingerprint density at radius 1 is 0.917 bits per heavy atom. The summed E-state index contributed by atoms with van der Waals surface area (Å²) in [6, 6.07) is 24.0. The molecular formula is C37H32ClF3N2O5. The van der Waals surface area contributed by atoms with E-state index in [2.05, 4.69) is 5.32 Å². The van der Waals surface area contributed by atoms with Crippen LogP contribution in [-0.2, 0) is 16.2 Å². The van der Waals surface area contributed by atoms with E-state index in [-0.39, 0.29) is 59.6 Å². The lowest BCUT2D eigenvalue weighted by atomic mass is 9.78. The van der Waals surface area contributed by atoms with E-state index >= 15 is 0 Å². The fourth-order valence-electron chi connectivity index (χ4n) is 6.20. The second-order valence-electron chi connectivity index (χ2n) is 11.5. The predicted octanol–water partition coefficient (Wildman–Crippen LogP) is 8.79. The van der Waals surface area contributed by atoms with Gasteiger partial charge in [-0.05, 0) is 84.5 Å². The number of hydrogen-bond acceptors (Lipinski definition) is 6. The van der Waals surface area contributed by atoms with Gasteiger partial charge < -0.3 is 19.5 Å². The molecule has 1 amide bonds. The Labute approximate surface area is 280 Å². The van der Waals surface area contributed by atoms with E-state index in [1.165, 1.54) is 6.07 Å². The van der Waals surface area contributed by atoms with Crippen LogP contribution >= 0.6 is 11.6 Å². The lowest BCUT2D eigenvalue weighted by molar-refractivity contribution is -0.170. The van der Waals surface area contributed by atoms with Crippen molar-refractivity contribution in [3.05, 3.63) is 124 Å². The van der Waals surface area contributed by atoms with Crippen molar-refractivity contribution in [2.24, 2.45) is 0 Å².